The molecule has 2 atom stereocenters. The number of aliphatic carboxylic acids is 1. The standard InChI is InChI=1S/C57H107NO7/c1-6-8-10-12-14-16-18-20-22-24-26-27-28-29-30-32-33-35-37-39-41-43-45-47-55(59)64-52-53(51-63-50-49-54(57(61)62)58(3,4)5)65-56(60)48-46-44-42-40-38-36-34-31-25-23-21-19-17-15-13-11-9-7-2/h23,25,31,34,53-54H,6-22,24,26-30,32-33,35-52H2,1-5H3/p+1/b25-23+,34-31+. The van der Waals surface area contributed by atoms with Gasteiger partial charge in [0.15, 0.2) is 12.1 Å². The molecule has 0 spiro atoms. The van der Waals surface area contributed by atoms with Crippen molar-refractivity contribution in [3.63, 3.8) is 0 Å². The molecule has 8 heteroatoms. The highest BCUT2D eigenvalue weighted by Gasteiger charge is 2.31. The van der Waals surface area contributed by atoms with E-state index in [0.29, 0.717) is 19.3 Å². The van der Waals surface area contributed by atoms with Crippen LogP contribution < -0.4 is 0 Å². The molecule has 1 N–H and O–H groups in total. The third kappa shape index (κ3) is 46.7. The van der Waals surface area contributed by atoms with Gasteiger partial charge in [0.25, 0.3) is 0 Å². The number of unbranched alkanes of at least 4 members (excludes halogenated alkanes) is 34. The smallest absolute Gasteiger partial charge is 0.362 e. The Hall–Kier alpha value is -2.19. The van der Waals surface area contributed by atoms with Crippen molar-refractivity contribution in [1.82, 2.24) is 0 Å². The van der Waals surface area contributed by atoms with E-state index in [1.807, 2.05) is 21.1 Å². The molecular weight excluding hydrogens is 811 g/mol. The van der Waals surface area contributed by atoms with Crippen molar-refractivity contribution >= 4 is 17.9 Å². The molecule has 0 aromatic rings. The van der Waals surface area contributed by atoms with Gasteiger partial charge in [-0.15, -0.1) is 0 Å². The van der Waals surface area contributed by atoms with Gasteiger partial charge in [-0.05, 0) is 38.5 Å². The lowest BCUT2D eigenvalue weighted by Gasteiger charge is -2.31. The topological polar surface area (TPSA) is 99.1 Å². The van der Waals surface area contributed by atoms with Gasteiger partial charge in [0.1, 0.15) is 6.61 Å². The molecule has 0 fully saturated rings. The quantitative estimate of drug-likeness (QED) is 0.0281. The lowest BCUT2D eigenvalue weighted by atomic mass is 10.0. The van der Waals surface area contributed by atoms with Crippen LogP contribution in [0.1, 0.15) is 271 Å². The van der Waals surface area contributed by atoms with Gasteiger partial charge in [-0.25, -0.2) is 4.79 Å². The van der Waals surface area contributed by atoms with Crippen molar-refractivity contribution in [2.24, 2.45) is 0 Å². The fraction of sp³-hybridized carbons (Fsp3) is 0.877. The highest BCUT2D eigenvalue weighted by Crippen LogP contribution is 2.17. The molecule has 65 heavy (non-hydrogen) atoms. The third-order valence-electron chi connectivity index (χ3n) is 12.9. The van der Waals surface area contributed by atoms with Gasteiger partial charge in [0.05, 0.1) is 34.4 Å². The number of nitrogens with zero attached hydrogens (tertiary/aromatic N) is 1. The van der Waals surface area contributed by atoms with Gasteiger partial charge < -0.3 is 23.8 Å². The van der Waals surface area contributed by atoms with E-state index in [9.17, 15) is 19.5 Å². The Morgan fingerprint density at radius 1 is 0.462 bits per heavy atom. The molecule has 0 rings (SSSR count). The monoisotopic (exact) mass is 919 g/mol. The highest BCUT2D eigenvalue weighted by atomic mass is 16.6. The average molecular weight is 919 g/mol. The van der Waals surface area contributed by atoms with E-state index >= 15 is 0 Å². The van der Waals surface area contributed by atoms with Gasteiger partial charge >= 0.3 is 17.9 Å². The molecule has 0 bridgehead atoms. The van der Waals surface area contributed by atoms with Crippen LogP contribution in [0.4, 0.5) is 0 Å². The number of carboxylic acid groups (broad SMARTS) is 1. The number of quaternary nitrogens is 1. The number of allylic oxidation sites excluding steroid dienone is 4. The normalized spacial score (nSPS) is 12.9. The number of likely N-dealkylation sites (N-methyl/N-ethyl adjacent to an activating group) is 1. The second-order valence-electron chi connectivity index (χ2n) is 20.2. The Balaban J connectivity index is 4.16. The highest BCUT2D eigenvalue weighted by molar-refractivity contribution is 5.72. The molecule has 0 radical (unpaired) electrons. The summed E-state index contributed by atoms with van der Waals surface area (Å²) in [5.74, 6) is -1.47. The predicted octanol–water partition coefficient (Wildman–Crippen LogP) is 16.4. The van der Waals surface area contributed by atoms with Gasteiger partial charge in [0.2, 0.25) is 0 Å². The molecule has 0 aliphatic rings. The second kappa shape index (κ2) is 48.3. The summed E-state index contributed by atoms with van der Waals surface area (Å²) < 4.78 is 17.4. The van der Waals surface area contributed by atoms with E-state index in [1.165, 1.54) is 180 Å². The number of carbonyl (C=O) groups is 3. The Labute approximate surface area is 402 Å². The maximum Gasteiger partial charge on any atom is 0.362 e. The van der Waals surface area contributed by atoms with Crippen LogP contribution >= 0.6 is 0 Å². The number of hydrogen-bond donors (Lipinski definition) is 1. The van der Waals surface area contributed by atoms with Crippen molar-refractivity contribution in [1.29, 1.82) is 0 Å². The van der Waals surface area contributed by atoms with E-state index in [2.05, 4.69) is 38.2 Å². The van der Waals surface area contributed by atoms with Crippen LogP contribution in [0.15, 0.2) is 24.3 Å². The Morgan fingerprint density at radius 2 is 0.800 bits per heavy atom. The molecule has 0 aliphatic carbocycles. The van der Waals surface area contributed by atoms with Crippen molar-refractivity contribution < 1.29 is 38.2 Å². The first-order valence-corrected chi connectivity index (χ1v) is 27.9. The third-order valence-corrected chi connectivity index (χ3v) is 12.9. The molecule has 0 heterocycles. The first kappa shape index (κ1) is 62.8. The van der Waals surface area contributed by atoms with Crippen LogP contribution in [0.2, 0.25) is 0 Å². The predicted molar refractivity (Wildman–Crippen MR) is 275 cm³/mol. The first-order valence-electron chi connectivity index (χ1n) is 27.9. The summed E-state index contributed by atoms with van der Waals surface area (Å²) in [5.41, 5.74) is 0. The maximum atomic E-state index is 12.8. The Morgan fingerprint density at radius 3 is 1.15 bits per heavy atom. The zero-order valence-electron chi connectivity index (χ0n) is 43.7. The number of rotatable bonds is 51. The summed E-state index contributed by atoms with van der Waals surface area (Å²) in [7, 11) is 5.54. The molecule has 0 aromatic carbocycles. The molecule has 0 aromatic heterocycles. The molecule has 8 nitrogen and oxygen atoms in total. The minimum atomic E-state index is -0.874. The van der Waals surface area contributed by atoms with Crippen LogP contribution in [-0.4, -0.2) is 80.6 Å². The summed E-state index contributed by atoms with van der Waals surface area (Å²) in [6.07, 6.45) is 56.7. The zero-order chi connectivity index (χ0) is 47.7. The summed E-state index contributed by atoms with van der Waals surface area (Å²) in [5, 5.41) is 9.67. The van der Waals surface area contributed by atoms with Crippen molar-refractivity contribution in [2.45, 2.75) is 283 Å². The Kier molecular flexibility index (Phi) is 46.6. The van der Waals surface area contributed by atoms with Crippen LogP contribution in [0.5, 0.6) is 0 Å². The summed E-state index contributed by atoms with van der Waals surface area (Å²) in [6, 6.07) is -0.616. The number of hydrogen-bond acceptors (Lipinski definition) is 6. The van der Waals surface area contributed by atoms with E-state index in [-0.39, 0.29) is 36.2 Å². The summed E-state index contributed by atoms with van der Waals surface area (Å²) >= 11 is 0. The van der Waals surface area contributed by atoms with E-state index < -0.39 is 18.1 Å². The van der Waals surface area contributed by atoms with Gasteiger partial charge in [-0.1, -0.05) is 237 Å². The van der Waals surface area contributed by atoms with Gasteiger partial charge in [-0.3, -0.25) is 9.59 Å². The molecular formula is C57H108NO7+. The summed E-state index contributed by atoms with van der Waals surface area (Å²) in [4.78, 5) is 37.2. The van der Waals surface area contributed by atoms with E-state index in [0.717, 1.165) is 57.8 Å². The van der Waals surface area contributed by atoms with Crippen molar-refractivity contribution in [3.05, 3.63) is 24.3 Å². The van der Waals surface area contributed by atoms with Crippen LogP contribution in [-0.2, 0) is 28.6 Å². The lowest BCUT2D eigenvalue weighted by Crippen LogP contribution is -2.50. The van der Waals surface area contributed by atoms with Crippen molar-refractivity contribution in [2.75, 3.05) is 41.0 Å². The largest absolute Gasteiger partial charge is 0.477 e. The molecule has 382 valence electrons. The fourth-order valence-electron chi connectivity index (χ4n) is 8.56. The minimum Gasteiger partial charge on any atom is -0.477 e. The lowest BCUT2D eigenvalue weighted by molar-refractivity contribution is -0.887. The van der Waals surface area contributed by atoms with Crippen LogP contribution in [0.25, 0.3) is 0 Å². The Bertz CT molecular complexity index is 1120. The summed E-state index contributed by atoms with van der Waals surface area (Å²) in [6.45, 7) is 4.77. The van der Waals surface area contributed by atoms with Crippen LogP contribution in [0.3, 0.4) is 0 Å². The van der Waals surface area contributed by atoms with Crippen molar-refractivity contribution in [3.8, 4) is 0 Å². The number of carbonyl (C=O) groups excluding carboxylic acids is 2. The molecule has 0 aliphatic heterocycles. The fourth-order valence-corrected chi connectivity index (χ4v) is 8.56. The number of carboxylic acids is 1. The second-order valence-corrected chi connectivity index (χ2v) is 20.2. The van der Waals surface area contributed by atoms with Gasteiger partial charge in [-0.2, -0.15) is 0 Å². The average Bonchev–Trinajstić information content (AvgIpc) is 3.27. The zero-order valence-corrected chi connectivity index (χ0v) is 43.7. The molecule has 0 saturated heterocycles. The number of esters is 2. The maximum absolute atomic E-state index is 12.8. The first-order chi connectivity index (χ1) is 31.6. The van der Waals surface area contributed by atoms with E-state index in [1.54, 1.807) is 0 Å². The molecule has 0 amide bonds. The van der Waals surface area contributed by atoms with E-state index in [4.69, 9.17) is 14.2 Å². The molecule has 0 saturated carbocycles. The molecule has 2 unspecified atom stereocenters. The van der Waals surface area contributed by atoms with Crippen LogP contribution in [0, 0.1) is 0 Å². The SMILES string of the molecule is CCCCCCCCC/C=C/C=C/CCCCCCCC(=O)OC(COCCC(C(=O)O)[N+](C)(C)C)COC(=O)CCCCCCCCCCCCCCCCCCCCCCCCC. The minimum absolute atomic E-state index is 0.0521. The van der Waals surface area contributed by atoms with Gasteiger partial charge in [0, 0.05) is 19.3 Å². The number of ether oxygens (including phenoxy) is 3.